The van der Waals surface area contributed by atoms with Gasteiger partial charge in [-0.25, -0.2) is 9.37 Å². The van der Waals surface area contributed by atoms with Crippen LogP contribution in [0.25, 0.3) is 0 Å². The van der Waals surface area contributed by atoms with E-state index in [4.69, 9.17) is 4.74 Å². The highest BCUT2D eigenvalue weighted by Crippen LogP contribution is 2.36. The Hall–Kier alpha value is -2.28. The summed E-state index contributed by atoms with van der Waals surface area (Å²) in [5, 5.41) is 7.04. The largest absolute Gasteiger partial charge is 0.377 e. The maximum Gasteiger partial charge on any atom is 0.256 e. The summed E-state index contributed by atoms with van der Waals surface area (Å²) in [6.07, 6.45) is 1.64. The molecule has 0 spiro atoms. The van der Waals surface area contributed by atoms with E-state index in [0.717, 1.165) is 18.1 Å². The molecule has 2 aliphatic rings. The van der Waals surface area contributed by atoms with Crippen molar-refractivity contribution in [1.82, 2.24) is 20.1 Å². The number of aromatic amines is 1. The monoisotopic (exact) mass is 344 g/mol. The maximum atomic E-state index is 13.9. The third kappa shape index (κ3) is 3.16. The number of amides is 1. The van der Waals surface area contributed by atoms with Crippen molar-refractivity contribution in [1.29, 1.82) is 0 Å². The third-order valence-electron chi connectivity index (χ3n) is 5.21. The van der Waals surface area contributed by atoms with Crippen LogP contribution in [0.15, 0.2) is 24.3 Å². The second-order valence-electron chi connectivity index (χ2n) is 6.86. The number of aryl methyl sites for hydroxylation is 1. The van der Waals surface area contributed by atoms with E-state index in [0.29, 0.717) is 32.0 Å². The molecule has 0 radical (unpaired) electrons. The van der Waals surface area contributed by atoms with Gasteiger partial charge in [0.05, 0.1) is 18.3 Å². The van der Waals surface area contributed by atoms with E-state index >= 15 is 0 Å². The highest BCUT2D eigenvalue weighted by molar-refractivity contribution is 5.94. The fraction of sp³-hybridized carbons (Fsp3) is 0.500. The Labute approximate surface area is 145 Å². The van der Waals surface area contributed by atoms with Gasteiger partial charge in [-0.1, -0.05) is 12.1 Å². The molecule has 6 nitrogen and oxygen atoms in total. The number of rotatable bonds is 3. The zero-order chi connectivity index (χ0) is 17.4. The van der Waals surface area contributed by atoms with Crippen molar-refractivity contribution in [3.63, 3.8) is 0 Å². The Balaban J connectivity index is 1.41. The number of nitrogens with zero attached hydrogens (tertiary/aromatic N) is 3. The van der Waals surface area contributed by atoms with E-state index in [9.17, 15) is 9.18 Å². The highest BCUT2D eigenvalue weighted by atomic mass is 19.1. The van der Waals surface area contributed by atoms with Crippen molar-refractivity contribution in [2.45, 2.75) is 25.9 Å². The Kier molecular flexibility index (Phi) is 4.25. The number of likely N-dealkylation sites (tertiary alicyclic amines) is 1. The molecule has 1 aromatic carbocycles. The molecule has 0 unspecified atom stereocenters. The van der Waals surface area contributed by atoms with E-state index in [-0.39, 0.29) is 23.5 Å². The molecule has 25 heavy (non-hydrogen) atoms. The van der Waals surface area contributed by atoms with Gasteiger partial charge < -0.3 is 9.64 Å². The quantitative estimate of drug-likeness (QED) is 0.924. The number of carbonyl (C=O) groups excluding carboxylic acids is 1. The number of fused-ring (bicyclic) bond motifs is 1. The molecule has 3 atom stereocenters. The van der Waals surface area contributed by atoms with Crippen LogP contribution in [0.3, 0.4) is 0 Å². The lowest BCUT2D eigenvalue weighted by Crippen LogP contribution is -2.45. The van der Waals surface area contributed by atoms with Crippen LogP contribution in [0.4, 0.5) is 4.39 Å². The number of aromatic nitrogens is 3. The van der Waals surface area contributed by atoms with E-state index in [1.165, 1.54) is 6.07 Å². The molecule has 4 rings (SSSR count). The molecule has 2 saturated heterocycles. The molecule has 2 fully saturated rings. The number of hydrogen-bond acceptors (Lipinski definition) is 4. The van der Waals surface area contributed by atoms with Gasteiger partial charge in [0.25, 0.3) is 5.91 Å². The standard InChI is InChI=1S/C18H21FN4O2/c1-11-20-17(22-21-11)8-16-13-6-7-23(9-12(13)10-25-16)18(24)14-4-2-3-5-15(14)19/h2-5,12-13,16H,6-10H2,1H3,(H,20,21,22)/t12-,13-,16+/m1/s1. The zero-order valence-electron chi connectivity index (χ0n) is 14.1. The van der Waals surface area contributed by atoms with Gasteiger partial charge in [0.2, 0.25) is 0 Å². The van der Waals surface area contributed by atoms with Crippen LogP contribution < -0.4 is 0 Å². The molecule has 3 heterocycles. The van der Waals surface area contributed by atoms with Crippen LogP contribution in [0.5, 0.6) is 0 Å². The summed E-state index contributed by atoms with van der Waals surface area (Å²) in [6, 6.07) is 6.16. The molecule has 2 aliphatic heterocycles. The van der Waals surface area contributed by atoms with E-state index in [1.54, 1.807) is 23.1 Å². The Bertz CT molecular complexity index is 778. The fourth-order valence-corrected chi connectivity index (χ4v) is 3.95. The summed E-state index contributed by atoms with van der Waals surface area (Å²) in [5.74, 6) is 1.56. The van der Waals surface area contributed by atoms with Crippen LogP contribution in [0.1, 0.15) is 28.4 Å². The summed E-state index contributed by atoms with van der Waals surface area (Å²) in [6.45, 7) is 3.74. The van der Waals surface area contributed by atoms with Crippen molar-refractivity contribution in [3.05, 3.63) is 47.3 Å². The van der Waals surface area contributed by atoms with Crippen LogP contribution in [0, 0.1) is 24.6 Å². The number of H-pyrrole nitrogens is 1. The van der Waals surface area contributed by atoms with E-state index in [1.807, 2.05) is 6.92 Å². The second kappa shape index (κ2) is 6.55. The number of nitrogens with one attached hydrogen (secondary N) is 1. The number of carbonyl (C=O) groups is 1. The molecule has 0 saturated carbocycles. The summed E-state index contributed by atoms with van der Waals surface area (Å²) in [7, 11) is 0. The van der Waals surface area contributed by atoms with E-state index < -0.39 is 5.82 Å². The van der Waals surface area contributed by atoms with Crippen LogP contribution in [-0.2, 0) is 11.2 Å². The average Bonchev–Trinajstić information content (AvgIpc) is 3.21. The minimum Gasteiger partial charge on any atom is -0.377 e. The summed E-state index contributed by atoms with van der Waals surface area (Å²) < 4.78 is 19.8. The lowest BCUT2D eigenvalue weighted by molar-refractivity contribution is 0.0605. The lowest BCUT2D eigenvalue weighted by Gasteiger charge is -2.35. The number of benzene rings is 1. The smallest absolute Gasteiger partial charge is 0.256 e. The number of halogens is 1. The van der Waals surface area contributed by atoms with Crippen molar-refractivity contribution in [2.24, 2.45) is 11.8 Å². The van der Waals surface area contributed by atoms with Gasteiger partial charge in [-0.05, 0) is 31.4 Å². The van der Waals surface area contributed by atoms with Crippen molar-refractivity contribution in [3.8, 4) is 0 Å². The van der Waals surface area contributed by atoms with Crippen molar-refractivity contribution < 1.29 is 13.9 Å². The molecule has 2 aromatic rings. The zero-order valence-corrected chi connectivity index (χ0v) is 14.1. The highest BCUT2D eigenvalue weighted by Gasteiger charge is 2.42. The predicted octanol–water partition coefficient (Wildman–Crippen LogP) is 1.97. The first-order valence-corrected chi connectivity index (χ1v) is 8.65. The lowest BCUT2D eigenvalue weighted by atomic mass is 9.83. The molecule has 7 heteroatoms. The normalized spacial score (nSPS) is 25.8. The van der Waals surface area contributed by atoms with Gasteiger partial charge >= 0.3 is 0 Å². The van der Waals surface area contributed by atoms with Gasteiger partial charge in [0, 0.05) is 25.4 Å². The molecule has 132 valence electrons. The first-order chi connectivity index (χ1) is 12.1. The Morgan fingerprint density at radius 1 is 1.44 bits per heavy atom. The van der Waals surface area contributed by atoms with Gasteiger partial charge in [0.1, 0.15) is 11.6 Å². The van der Waals surface area contributed by atoms with Crippen LogP contribution in [-0.4, -0.2) is 51.8 Å². The Morgan fingerprint density at radius 2 is 2.28 bits per heavy atom. The van der Waals surface area contributed by atoms with Crippen molar-refractivity contribution in [2.75, 3.05) is 19.7 Å². The molecular weight excluding hydrogens is 323 g/mol. The number of hydrogen-bond donors (Lipinski definition) is 1. The molecule has 1 N–H and O–H groups in total. The average molecular weight is 344 g/mol. The first-order valence-electron chi connectivity index (χ1n) is 8.65. The molecule has 1 aromatic heterocycles. The van der Waals surface area contributed by atoms with Crippen LogP contribution >= 0.6 is 0 Å². The van der Waals surface area contributed by atoms with Gasteiger partial charge in [-0.3, -0.25) is 9.89 Å². The topological polar surface area (TPSA) is 71.1 Å². The molecule has 0 bridgehead atoms. The SMILES string of the molecule is Cc1nc(C[C@@H]2OC[C@H]3CN(C(=O)c4ccccc4F)CC[C@H]32)n[nH]1. The van der Waals surface area contributed by atoms with E-state index in [2.05, 4.69) is 15.2 Å². The molecule has 1 amide bonds. The fourth-order valence-electron chi connectivity index (χ4n) is 3.95. The Morgan fingerprint density at radius 3 is 3.04 bits per heavy atom. The molecule has 0 aliphatic carbocycles. The van der Waals surface area contributed by atoms with Gasteiger partial charge in [0.15, 0.2) is 5.82 Å². The first kappa shape index (κ1) is 16.2. The maximum absolute atomic E-state index is 13.9. The van der Waals surface area contributed by atoms with Gasteiger partial charge in [-0.15, -0.1) is 0 Å². The molecular formula is C18H21FN4O2. The number of piperidine rings is 1. The number of ether oxygens (including phenoxy) is 1. The van der Waals surface area contributed by atoms with Crippen molar-refractivity contribution >= 4 is 5.91 Å². The third-order valence-corrected chi connectivity index (χ3v) is 5.21. The van der Waals surface area contributed by atoms with Crippen LogP contribution in [0.2, 0.25) is 0 Å². The summed E-state index contributed by atoms with van der Waals surface area (Å²) in [4.78, 5) is 18.7. The minimum absolute atomic E-state index is 0.0888. The van der Waals surface area contributed by atoms with Gasteiger partial charge in [-0.2, -0.15) is 5.10 Å². The second-order valence-corrected chi connectivity index (χ2v) is 6.86. The summed E-state index contributed by atoms with van der Waals surface area (Å²) >= 11 is 0. The minimum atomic E-state index is -0.463. The predicted molar refractivity (Wildman–Crippen MR) is 88.5 cm³/mol. The summed E-state index contributed by atoms with van der Waals surface area (Å²) in [5.41, 5.74) is 0.146.